The van der Waals surface area contributed by atoms with E-state index < -0.39 is 5.82 Å². The number of carbonyl (C=O) groups excluding carboxylic acids is 1. The molecule has 0 aliphatic rings. The van der Waals surface area contributed by atoms with E-state index in [2.05, 4.69) is 15.9 Å². The second-order valence-electron chi connectivity index (χ2n) is 2.31. The van der Waals surface area contributed by atoms with Crippen molar-refractivity contribution in [3.05, 3.63) is 31.6 Å². The summed E-state index contributed by atoms with van der Waals surface area (Å²) in [6.45, 7) is 0. The number of halogens is 4. The zero-order chi connectivity index (χ0) is 10.0. The lowest BCUT2D eigenvalue weighted by Gasteiger charge is -2.01. The summed E-state index contributed by atoms with van der Waals surface area (Å²) in [6, 6.07) is 2.76. The van der Waals surface area contributed by atoms with E-state index in [0.717, 1.165) is 0 Å². The molecule has 0 radical (unpaired) electrons. The van der Waals surface area contributed by atoms with E-state index in [1.54, 1.807) is 6.07 Å². The van der Waals surface area contributed by atoms with Gasteiger partial charge in [0.05, 0.1) is 9.45 Å². The Morgan fingerprint density at radius 2 is 2.23 bits per heavy atom. The molecule has 1 aromatic carbocycles. The van der Waals surface area contributed by atoms with Crippen molar-refractivity contribution in [1.82, 2.24) is 0 Å². The zero-order valence-corrected chi connectivity index (χ0v) is 10.8. The maximum Gasteiger partial charge on any atom is 0.177 e. The van der Waals surface area contributed by atoms with Gasteiger partial charge in [0.15, 0.2) is 5.78 Å². The molecule has 0 saturated carbocycles. The molecule has 0 bridgehead atoms. The SMILES string of the molecule is O=C(CCl)c1cc(F)c(I)c(Br)c1. The highest BCUT2D eigenvalue weighted by Crippen LogP contribution is 2.24. The Hall–Kier alpha value is 0.320. The highest BCUT2D eigenvalue weighted by Gasteiger charge is 2.10. The Bertz CT molecular complexity index is 333. The van der Waals surface area contributed by atoms with E-state index in [4.69, 9.17) is 11.6 Å². The Morgan fingerprint density at radius 3 is 2.69 bits per heavy atom. The first-order chi connectivity index (χ1) is 6.06. The molecule has 0 aromatic heterocycles. The van der Waals surface area contributed by atoms with Gasteiger partial charge in [0.1, 0.15) is 5.82 Å². The van der Waals surface area contributed by atoms with Crippen LogP contribution in [0.3, 0.4) is 0 Å². The molecular formula is C8H4BrClFIO. The summed E-state index contributed by atoms with van der Waals surface area (Å²) >= 11 is 10.3. The van der Waals surface area contributed by atoms with Crippen molar-refractivity contribution < 1.29 is 9.18 Å². The maximum atomic E-state index is 13.1. The summed E-state index contributed by atoms with van der Waals surface area (Å²) in [5.41, 5.74) is 0.291. The van der Waals surface area contributed by atoms with Crippen molar-refractivity contribution in [1.29, 1.82) is 0 Å². The van der Waals surface area contributed by atoms with E-state index in [-0.39, 0.29) is 11.7 Å². The Morgan fingerprint density at radius 1 is 1.62 bits per heavy atom. The normalized spacial score (nSPS) is 10.2. The van der Waals surface area contributed by atoms with E-state index in [1.807, 2.05) is 22.6 Å². The van der Waals surface area contributed by atoms with Crippen LogP contribution >= 0.6 is 50.1 Å². The van der Waals surface area contributed by atoms with Crippen LogP contribution in [0.5, 0.6) is 0 Å². The van der Waals surface area contributed by atoms with Crippen LogP contribution in [0.1, 0.15) is 10.4 Å². The number of hydrogen-bond acceptors (Lipinski definition) is 1. The van der Waals surface area contributed by atoms with Crippen LogP contribution in [-0.2, 0) is 0 Å². The fourth-order valence-electron chi connectivity index (χ4n) is 0.794. The van der Waals surface area contributed by atoms with Crippen LogP contribution in [0.4, 0.5) is 4.39 Å². The summed E-state index contributed by atoms with van der Waals surface area (Å²) in [5, 5.41) is 0. The molecule has 1 rings (SSSR count). The van der Waals surface area contributed by atoms with Crippen LogP contribution in [0, 0.1) is 9.39 Å². The lowest BCUT2D eigenvalue weighted by Crippen LogP contribution is -2.01. The zero-order valence-electron chi connectivity index (χ0n) is 6.28. The molecule has 1 nitrogen and oxygen atoms in total. The first kappa shape index (κ1) is 11.4. The number of carbonyl (C=O) groups is 1. The standard InChI is InChI=1S/C8H4BrClFIO/c9-5-1-4(7(13)3-10)2-6(11)8(5)12/h1-2H,3H2. The number of rotatable bonds is 2. The smallest absolute Gasteiger partial charge is 0.177 e. The van der Waals surface area contributed by atoms with Gasteiger partial charge in [-0.1, -0.05) is 0 Å². The van der Waals surface area contributed by atoms with E-state index in [0.29, 0.717) is 13.6 Å². The van der Waals surface area contributed by atoms with Crippen molar-refractivity contribution in [3.8, 4) is 0 Å². The minimum atomic E-state index is -0.413. The first-order valence-electron chi connectivity index (χ1n) is 3.30. The molecule has 5 heteroatoms. The van der Waals surface area contributed by atoms with Crippen molar-refractivity contribution in [2.45, 2.75) is 0 Å². The monoisotopic (exact) mass is 376 g/mol. The molecule has 0 saturated heterocycles. The van der Waals surface area contributed by atoms with Gasteiger partial charge in [-0.2, -0.15) is 0 Å². The van der Waals surface area contributed by atoms with Gasteiger partial charge in [0.2, 0.25) is 0 Å². The van der Waals surface area contributed by atoms with Gasteiger partial charge in [-0.05, 0) is 50.7 Å². The third kappa shape index (κ3) is 2.63. The Kier molecular flexibility index (Phi) is 4.12. The van der Waals surface area contributed by atoms with E-state index >= 15 is 0 Å². The molecule has 0 unspecified atom stereocenters. The maximum absolute atomic E-state index is 13.1. The number of alkyl halides is 1. The number of benzene rings is 1. The molecule has 1 aromatic rings. The molecule has 0 amide bonds. The topological polar surface area (TPSA) is 17.1 Å². The lowest BCUT2D eigenvalue weighted by atomic mass is 10.1. The average molecular weight is 377 g/mol. The fraction of sp³-hybridized carbons (Fsp3) is 0.125. The predicted molar refractivity (Wildman–Crippen MR) is 61.9 cm³/mol. The predicted octanol–water partition coefficient (Wildman–Crippen LogP) is 3.61. The van der Waals surface area contributed by atoms with Crippen LogP contribution in [0.25, 0.3) is 0 Å². The summed E-state index contributed by atoms with van der Waals surface area (Å²) in [7, 11) is 0. The number of ketones is 1. The summed E-state index contributed by atoms with van der Waals surface area (Å²) in [6.07, 6.45) is 0. The Labute approximate surface area is 102 Å². The third-order valence-corrected chi connectivity index (χ3v) is 4.13. The van der Waals surface area contributed by atoms with Gasteiger partial charge in [-0.25, -0.2) is 4.39 Å². The van der Waals surface area contributed by atoms with Gasteiger partial charge < -0.3 is 0 Å². The Balaban J connectivity index is 3.20. The van der Waals surface area contributed by atoms with Crippen molar-refractivity contribution in [3.63, 3.8) is 0 Å². The molecule has 0 spiro atoms. The van der Waals surface area contributed by atoms with Gasteiger partial charge in [-0.15, -0.1) is 11.6 Å². The molecule has 0 fully saturated rings. The van der Waals surface area contributed by atoms with Gasteiger partial charge >= 0.3 is 0 Å². The number of Topliss-reactive ketones (excluding diaryl/α,β-unsaturated/α-hetero) is 1. The van der Waals surface area contributed by atoms with Crippen molar-refractivity contribution >= 4 is 55.9 Å². The quantitative estimate of drug-likeness (QED) is 0.333. The van der Waals surface area contributed by atoms with E-state index in [9.17, 15) is 9.18 Å². The summed E-state index contributed by atoms with van der Waals surface area (Å²) < 4.78 is 14.1. The minimum absolute atomic E-state index is 0.132. The van der Waals surface area contributed by atoms with Gasteiger partial charge in [-0.3, -0.25) is 4.79 Å². The minimum Gasteiger partial charge on any atom is -0.293 e. The van der Waals surface area contributed by atoms with Crippen molar-refractivity contribution in [2.75, 3.05) is 5.88 Å². The highest BCUT2D eigenvalue weighted by molar-refractivity contribution is 14.1. The fourth-order valence-corrected chi connectivity index (χ4v) is 1.70. The van der Waals surface area contributed by atoms with Crippen LogP contribution < -0.4 is 0 Å². The third-order valence-electron chi connectivity index (χ3n) is 1.43. The second-order valence-corrected chi connectivity index (χ2v) is 4.51. The molecule has 0 atom stereocenters. The molecule has 0 heterocycles. The molecule has 70 valence electrons. The average Bonchev–Trinajstić information content (AvgIpc) is 2.12. The summed E-state index contributed by atoms with van der Waals surface area (Å²) in [5.74, 6) is -0.826. The van der Waals surface area contributed by atoms with Gasteiger partial charge in [0, 0.05) is 10.0 Å². The highest BCUT2D eigenvalue weighted by atomic mass is 127. The second kappa shape index (κ2) is 4.70. The van der Waals surface area contributed by atoms with E-state index in [1.165, 1.54) is 6.07 Å². The molecule has 0 aliphatic carbocycles. The molecule has 13 heavy (non-hydrogen) atoms. The van der Waals surface area contributed by atoms with Crippen molar-refractivity contribution in [2.24, 2.45) is 0 Å². The van der Waals surface area contributed by atoms with Gasteiger partial charge in [0.25, 0.3) is 0 Å². The van der Waals surface area contributed by atoms with Crippen LogP contribution in [-0.4, -0.2) is 11.7 Å². The first-order valence-corrected chi connectivity index (χ1v) is 5.70. The number of hydrogen-bond donors (Lipinski definition) is 0. The van der Waals surface area contributed by atoms with Crippen LogP contribution in [0.15, 0.2) is 16.6 Å². The summed E-state index contributed by atoms with van der Waals surface area (Å²) in [4.78, 5) is 11.1. The largest absolute Gasteiger partial charge is 0.293 e. The molecule has 0 N–H and O–H groups in total. The van der Waals surface area contributed by atoms with Crippen LogP contribution in [0.2, 0.25) is 0 Å². The molecule has 0 aliphatic heterocycles. The lowest BCUT2D eigenvalue weighted by molar-refractivity contribution is 0.102. The molecular weight excluding hydrogens is 373 g/mol.